The van der Waals surface area contributed by atoms with Crippen molar-refractivity contribution in [3.8, 4) is 6.01 Å². The van der Waals surface area contributed by atoms with Gasteiger partial charge in [0.15, 0.2) is 11.5 Å². The van der Waals surface area contributed by atoms with Crippen LogP contribution in [0.1, 0.15) is 74.9 Å². The molecule has 4 heterocycles. The van der Waals surface area contributed by atoms with Gasteiger partial charge in [-0.3, -0.25) is 14.8 Å². The third-order valence-corrected chi connectivity index (χ3v) is 7.00. The first-order chi connectivity index (χ1) is 17.0. The van der Waals surface area contributed by atoms with Crippen molar-refractivity contribution in [2.75, 3.05) is 45.2 Å². The van der Waals surface area contributed by atoms with E-state index in [4.69, 9.17) is 15.5 Å². The maximum absolute atomic E-state index is 6.11. The van der Waals surface area contributed by atoms with Crippen molar-refractivity contribution in [3.63, 3.8) is 0 Å². The van der Waals surface area contributed by atoms with Gasteiger partial charge in [0, 0.05) is 37.3 Å². The smallest absolute Gasteiger partial charge is 0.336 e. The van der Waals surface area contributed by atoms with Gasteiger partial charge in [-0.05, 0) is 50.4 Å². The van der Waals surface area contributed by atoms with Crippen LogP contribution in [0.15, 0.2) is 18.5 Å². The number of aromatic nitrogens is 5. The van der Waals surface area contributed by atoms with E-state index in [0.717, 1.165) is 56.9 Å². The van der Waals surface area contributed by atoms with E-state index in [2.05, 4.69) is 58.6 Å². The summed E-state index contributed by atoms with van der Waals surface area (Å²) in [5.41, 5.74) is 11.2. The predicted molar refractivity (Wildman–Crippen MR) is 139 cm³/mol. The Morgan fingerprint density at radius 3 is 2.57 bits per heavy atom. The minimum atomic E-state index is 0.291. The molecule has 4 rings (SSSR count). The molecule has 190 valence electrons. The first-order valence-corrected chi connectivity index (χ1v) is 13.0. The van der Waals surface area contributed by atoms with Crippen molar-refractivity contribution in [1.29, 1.82) is 0 Å². The Morgan fingerprint density at radius 2 is 1.89 bits per heavy atom. The molecule has 1 fully saturated rings. The van der Waals surface area contributed by atoms with Gasteiger partial charge in [-0.2, -0.15) is 4.98 Å². The fourth-order valence-corrected chi connectivity index (χ4v) is 4.85. The highest BCUT2D eigenvalue weighted by Crippen LogP contribution is 2.29. The molecule has 3 aromatic rings. The van der Waals surface area contributed by atoms with Gasteiger partial charge in [0.1, 0.15) is 0 Å². The first-order valence-electron chi connectivity index (χ1n) is 13.0. The maximum atomic E-state index is 6.11. The van der Waals surface area contributed by atoms with Crippen LogP contribution in [0, 0.1) is 6.92 Å². The Balaban J connectivity index is 1.43. The molecule has 0 atom stereocenters. The largest absolute Gasteiger partial charge is 0.462 e. The highest BCUT2D eigenvalue weighted by molar-refractivity contribution is 5.59. The Labute approximate surface area is 208 Å². The average molecular weight is 481 g/mol. The number of nitrogen functional groups attached to an aromatic ring is 1. The average Bonchev–Trinajstić information content (AvgIpc) is 3.26. The number of nitrogens with zero attached hydrogens (tertiary/aromatic N) is 7. The number of pyridine rings is 1. The summed E-state index contributed by atoms with van der Waals surface area (Å²) in [7, 11) is 0. The van der Waals surface area contributed by atoms with Gasteiger partial charge in [-0.15, -0.1) is 5.10 Å². The van der Waals surface area contributed by atoms with Gasteiger partial charge in [0.25, 0.3) is 0 Å². The Kier molecular flexibility index (Phi) is 8.51. The van der Waals surface area contributed by atoms with Gasteiger partial charge < -0.3 is 10.5 Å². The summed E-state index contributed by atoms with van der Waals surface area (Å²) in [6.07, 6.45) is 8.81. The molecule has 0 radical (unpaired) electrons. The van der Waals surface area contributed by atoms with E-state index < -0.39 is 0 Å². The molecule has 0 unspecified atom stereocenters. The van der Waals surface area contributed by atoms with Gasteiger partial charge >= 0.3 is 6.01 Å². The van der Waals surface area contributed by atoms with E-state index in [1.807, 2.05) is 12.4 Å². The van der Waals surface area contributed by atoms with Crippen molar-refractivity contribution in [3.05, 3.63) is 41.0 Å². The van der Waals surface area contributed by atoms with Crippen molar-refractivity contribution in [2.24, 2.45) is 0 Å². The second-order valence-corrected chi connectivity index (χ2v) is 9.53. The lowest BCUT2D eigenvalue weighted by Crippen LogP contribution is -2.42. The maximum Gasteiger partial charge on any atom is 0.336 e. The second-order valence-electron chi connectivity index (χ2n) is 9.53. The van der Waals surface area contributed by atoms with Crippen LogP contribution in [0.3, 0.4) is 0 Å². The zero-order valence-electron chi connectivity index (χ0n) is 21.7. The number of imidazole rings is 1. The quantitative estimate of drug-likeness (QED) is 0.415. The van der Waals surface area contributed by atoms with Gasteiger partial charge in [-0.1, -0.05) is 33.3 Å². The van der Waals surface area contributed by atoms with Gasteiger partial charge in [0.2, 0.25) is 0 Å². The summed E-state index contributed by atoms with van der Waals surface area (Å²) in [6.45, 7) is 14.9. The third-order valence-electron chi connectivity index (χ3n) is 7.00. The van der Waals surface area contributed by atoms with E-state index in [9.17, 15) is 0 Å². The third kappa shape index (κ3) is 6.08. The number of piperidine rings is 1. The van der Waals surface area contributed by atoms with Crippen LogP contribution < -0.4 is 10.5 Å². The summed E-state index contributed by atoms with van der Waals surface area (Å²) >= 11 is 0. The standard InChI is InChI=1S/C26H40N8O/c1-5-8-13-35-26-30-24(27)25-29-17-22(34(25)31-26)15-20-14-19(4)23(28-16-20)21-9-11-33(12-10-21)18-32(6-2)7-3/h14,16-17,21H,5-13,15,18H2,1-4H3,(H2,27,30,31). The number of fused-ring (bicyclic) bond motifs is 1. The van der Waals surface area contributed by atoms with E-state index >= 15 is 0 Å². The molecule has 1 saturated heterocycles. The topological polar surface area (TPSA) is 97.7 Å². The van der Waals surface area contributed by atoms with E-state index in [-0.39, 0.29) is 0 Å². The normalized spacial score (nSPS) is 15.3. The van der Waals surface area contributed by atoms with Crippen LogP contribution in [-0.4, -0.2) is 73.8 Å². The summed E-state index contributed by atoms with van der Waals surface area (Å²) in [6, 6.07) is 2.55. The molecule has 9 heteroatoms. The lowest BCUT2D eigenvalue weighted by atomic mass is 9.90. The highest BCUT2D eigenvalue weighted by Gasteiger charge is 2.24. The molecule has 0 saturated carbocycles. The van der Waals surface area contributed by atoms with E-state index in [0.29, 0.717) is 36.4 Å². The fraction of sp³-hybridized carbons (Fsp3) is 0.615. The van der Waals surface area contributed by atoms with Crippen LogP contribution >= 0.6 is 0 Å². The monoisotopic (exact) mass is 480 g/mol. The molecule has 3 aromatic heterocycles. The minimum absolute atomic E-state index is 0.291. The lowest BCUT2D eigenvalue weighted by Gasteiger charge is -2.35. The Morgan fingerprint density at radius 1 is 1.11 bits per heavy atom. The van der Waals surface area contributed by atoms with Crippen molar-refractivity contribution in [2.45, 2.75) is 65.7 Å². The highest BCUT2D eigenvalue weighted by atomic mass is 16.5. The molecule has 35 heavy (non-hydrogen) atoms. The number of likely N-dealkylation sites (tertiary alicyclic amines) is 1. The molecule has 1 aliphatic rings. The first kappa shape index (κ1) is 25.3. The number of hydrogen-bond acceptors (Lipinski definition) is 8. The number of nitrogens with two attached hydrogens (primary N) is 1. The van der Waals surface area contributed by atoms with Crippen LogP contribution in [0.2, 0.25) is 0 Å². The van der Waals surface area contributed by atoms with Crippen LogP contribution in [0.5, 0.6) is 6.01 Å². The molecule has 2 N–H and O–H groups in total. The molecule has 0 aliphatic carbocycles. The summed E-state index contributed by atoms with van der Waals surface area (Å²) in [4.78, 5) is 18.7. The molecule has 0 bridgehead atoms. The van der Waals surface area contributed by atoms with Gasteiger partial charge in [-0.25, -0.2) is 9.50 Å². The Bertz CT molecular complexity index is 1100. The number of aryl methyl sites for hydroxylation is 1. The van der Waals surface area contributed by atoms with Crippen molar-refractivity contribution in [1.82, 2.24) is 34.4 Å². The SMILES string of the molecule is CCCCOc1nc(N)c2ncc(Cc3cnc(C4CCN(CN(CC)CC)CC4)c(C)c3)n2n1. The molecule has 0 amide bonds. The number of ether oxygens (including phenoxy) is 1. The Hall–Kier alpha value is -2.78. The predicted octanol–water partition coefficient (Wildman–Crippen LogP) is 3.66. The molecular weight excluding hydrogens is 440 g/mol. The molecular formula is C26H40N8O. The molecule has 9 nitrogen and oxygen atoms in total. The summed E-state index contributed by atoms with van der Waals surface area (Å²) in [5, 5.41) is 4.53. The number of hydrogen-bond donors (Lipinski definition) is 1. The van der Waals surface area contributed by atoms with Crippen molar-refractivity contribution >= 4 is 11.5 Å². The van der Waals surface area contributed by atoms with Crippen LogP contribution in [-0.2, 0) is 6.42 Å². The number of anilines is 1. The zero-order valence-corrected chi connectivity index (χ0v) is 21.7. The lowest BCUT2D eigenvalue weighted by molar-refractivity contribution is 0.114. The zero-order chi connectivity index (χ0) is 24.8. The second kappa shape index (κ2) is 11.8. The molecule has 0 aromatic carbocycles. The number of rotatable bonds is 11. The van der Waals surface area contributed by atoms with Crippen LogP contribution in [0.25, 0.3) is 5.65 Å². The van der Waals surface area contributed by atoms with E-state index in [1.54, 1.807) is 4.52 Å². The minimum Gasteiger partial charge on any atom is -0.462 e. The van der Waals surface area contributed by atoms with Gasteiger partial charge in [0.05, 0.1) is 25.2 Å². The number of unbranched alkanes of at least 4 members (excludes halogenated alkanes) is 1. The molecule has 0 spiro atoms. The van der Waals surface area contributed by atoms with E-state index in [1.165, 1.54) is 24.1 Å². The van der Waals surface area contributed by atoms with Crippen LogP contribution in [0.4, 0.5) is 5.82 Å². The van der Waals surface area contributed by atoms with Crippen molar-refractivity contribution < 1.29 is 4.74 Å². The fourth-order valence-electron chi connectivity index (χ4n) is 4.85. The molecule has 1 aliphatic heterocycles. The summed E-state index contributed by atoms with van der Waals surface area (Å²) < 4.78 is 7.43. The summed E-state index contributed by atoms with van der Waals surface area (Å²) in [5.74, 6) is 0.859.